The van der Waals surface area contributed by atoms with E-state index >= 15 is 0 Å². The van der Waals surface area contributed by atoms with Crippen LogP contribution in [0.3, 0.4) is 0 Å². The minimum atomic E-state index is -1.68. The van der Waals surface area contributed by atoms with Crippen molar-refractivity contribution in [1.82, 2.24) is 9.97 Å². The molecule has 0 radical (unpaired) electrons. The van der Waals surface area contributed by atoms with Crippen molar-refractivity contribution in [2.24, 2.45) is 5.73 Å². The molecule has 76 valence electrons. The lowest BCUT2D eigenvalue weighted by Gasteiger charge is -2.13. The number of aliphatic hydroxyl groups is 2. The molecule has 0 aliphatic carbocycles. The van der Waals surface area contributed by atoms with Crippen LogP contribution in [0.15, 0.2) is 12.3 Å². The fraction of sp³-hybridized carbons (Fsp3) is 0.375. The summed E-state index contributed by atoms with van der Waals surface area (Å²) in [6, 6.07) is 1.63. The molecule has 6 nitrogen and oxygen atoms in total. The number of carbonyl (C=O) groups is 1. The van der Waals surface area contributed by atoms with Gasteiger partial charge in [-0.1, -0.05) is 0 Å². The Morgan fingerprint density at radius 1 is 1.57 bits per heavy atom. The topological polar surface area (TPSA) is 109 Å². The number of carbonyl (C=O) groups excluding carboxylic acids is 1. The summed E-state index contributed by atoms with van der Waals surface area (Å²) in [5.41, 5.74) is 5.44. The van der Waals surface area contributed by atoms with E-state index in [9.17, 15) is 9.90 Å². The van der Waals surface area contributed by atoms with Crippen LogP contribution >= 0.6 is 0 Å². The highest BCUT2D eigenvalue weighted by Gasteiger charge is 2.25. The molecular formula is C8H11N3O3. The average Bonchev–Trinajstić information content (AvgIpc) is 2.15. The second-order valence-corrected chi connectivity index (χ2v) is 2.85. The first-order chi connectivity index (χ1) is 6.52. The summed E-state index contributed by atoms with van der Waals surface area (Å²) in [7, 11) is 0. The van der Waals surface area contributed by atoms with Crippen molar-refractivity contribution in [2.45, 2.75) is 19.1 Å². The number of nitrogens with two attached hydrogens (primary N) is 1. The summed E-state index contributed by atoms with van der Waals surface area (Å²) in [6.07, 6.45) is -1.74. The highest BCUT2D eigenvalue weighted by atomic mass is 16.3. The van der Waals surface area contributed by atoms with E-state index in [1.165, 1.54) is 6.20 Å². The van der Waals surface area contributed by atoms with Crippen LogP contribution in [-0.2, 0) is 4.79 Å². The summed E-state index contributed by atoms with van der Waals surface area (Å²) in [5.74, 6) is -1.03. The third-order valence-electron chi connectivity index (χ3n) is 1.67. The van der Waals surface area contributed by atoms with Crippen molar-refractivity contribution in [2.75, 3.05) is 0 Å². The molecule has 1 heterocycles. The molecule has 2 unspecified atom stereocenters. The minimum Gasteiger partial charge on any atom is -0.382 e. The average molecular weight is 197 g/mol. The van der Waals surface area contributed by atoms with Crippen molar-refractivity contribution >= 4 is 5.91 Å². The zero-order chi connectivity index (χ0) is 10.7. The lowest BCUT2D eigenvalue weighted by molar-refractivity contribution is -0.132. The van der Waals surface area contributed by atoms with Gasteiger partial charge in [0, 0.05) is 11.9 Å². The van der Waals surface area contributed by atoms with Crippen molar-refractivity contribution < 1.29 is 15.0 Å². The number of aromatic nitrogens is 2. The Bertz CT molecular complexity index is 342. The van der Waals surface area contributed by atoms with Crippen LogP contribution in [0.1, 0.15) is 17.6 Å². The molecule has 1 rings (SSSR count). The van der Waals surface area contributed by atoms with Gasteiger partial charge in [-0.25, -0.2) is 9.97 Å². The SMILES string of the molecule is Cc1ccnc(C(O)C(O)C(N)=O)n1. The molecule has 0 aromatic carbocycles. The van der Waals surface area contributed by atoms with E-state index in [1.807, 2.05) is 0 Å². The number of rotatable bonds is 3. The van der Waals surface area contributed by atoms with E-state index in [1.54, 1.807) is 13.0 Å². The van der Waals surface area contributed by atoms with Gasteiger partial charge in [-0.15, -0.1) is 0 Å². The summed E-state index contributed by atoms with van der Waals surface area (Å²) in [6.45, 7) is 1.70. The molecule has 0 aliphatic heterocycles. The fourth-order valence-electron chi connectivity index (χ4n) is 0.908. The molecule has 1 amide bonds. The first-order valence-electron chi connectivity index (χ1n) is 3.97. The Kier molecular flexibility index (Phi) is 3.10. The first-order valence-corrected chi connectivity index (χ1v) is 3.97. The molecule has 0 saturated heterocycles. The number of aryl methyl sites for hydroxylation is 1. The zero-order valence-electron chi connectivity index (χ0n) is 7.58. The van der Waals surface area contributed by atoms with E-state index in [0.717, 1.165) is 0 Å². The van der Waals surface area contributed by atoms with E-state index in [2.05, 4.69) is 9.97 Å². The zero-order valence-corrected chi connectivity index (χ0v) is 7.58. The third kappa shape index (κ3) is 2.24. The van der Waals surface area contributed by atoms with Gasteiger partial charge in [-0.05, 0) is 13.0 Å². The molecule has 6 heteroatoms. The molecule has 1 aromatic heterocycles. The van der Waals surface area contributed by atoms with Gasteiger partial charge in [0.05, 0.1) is 0 Å². The number of amides is 1. The minimum absolute atomic E-state index is 0.0173. The van der Waals surface area contributed by atoms with Crippen LogP contribution in [0.2, 0.25) is 0 Å². The predicted octanol–water partition coefficient (Wildman–Crippen LogP) is -1.34. The molecule has 2 atom stereocenters. The Balaban J connectivity index is 2.89. The predicted molar refractivity (Wildman–Crippen MR) is 46.9 cm³/mol. The second-order valence-electron chi connectivity index (χ2n) is 2.85. The maximum absolute atomic E-state index is 10.6. The Labute approximate surface area is 80.4 Å². The largest absolute Gasteiger partial charge is 0.382 e. The number of primary amides is 1. The third-order valence-corrected chi connectivity index (χ3v) is 1.67. The highest BCUT2D eigenvalue weighted by Crippen LogP contribution is 2.11. The van der Waals surface area contributed by atoms with Crippen LogP contribution in [-0.4, -0.2) is 32.2 Å². The lowest BCUT2D eigenvalue weighted by Crippen LogP contribution is -2.34. The van der Waals surface area contributed by atoms with Crippen LogP contribution in [0.4, 0.5) is 0 Å². The smallest absolute Gasteiger partial charge is 0.249 e. The molecular weight excluding hydrogens is 186 g/mol. The maximum Gasteiger partial charge on any atom is 0.249 e. The van der Waals surface area contributed by atoms with Crippen LogP contribution in [0, 0.1) is 6.92 Å². The second kappa shape index (κ2) is 4.12. The van der Waals surface area contributed by atoms with Crippen molar-refractivity contribution in [3.05, 3.63) is 23.8 Å². The molecule has 0 bridgehead atoms. The van der Waals surface area contributed by atoms with E-state index < -0.39 is 18.1 Å². The van der Waals surface area contributed by atoms with Gasteiger partial charge < -0.3 is 15.9 Å². The van der Waals surface area contributed by atoms with Crippen LogP contribution in [0.25, 0.3) is 0 Å². The summed E-state index contributed by atoms with van der Waals surface area (Å²) in [4.78, 5) is 18.1. The molecule has 0 saturated carbocycles. The highest BCUT2D eigenvalue weighted by molar-refractivity contribution is 5.79. The normalized spacial score (nSPS) is 14.8. The number of hydrogen-bond donors (Lipinski definition) is 3. The quantitative estimate of drug-likeness (QED) is 0.556. The van der Waals surface area contributed by atoms with Crippen molar-refractivity contribution in [1.29, 1.82) is 0 Å². The lowest BCUT2D eigenvalue weighted by atomic mass is 10.2. The van der Waals surface area contributed by atoms with E-state index in [0.29, 0.717) is 5.69 Å². The van der Waals surface area contributed by atoms with Gasteiger partial charge in [-0.3, -0.25) is 4.79 Å². The molecule has 1 aromatic rings. The Hall–Kier alpha value is -1.53. The molecule has 0 aliphatic rings. The number of nitrogens with zero attached hydrogens (tertiary/aromatic N) is 2. The molecule has 4 N–H and O–H groups in total. The standard InChI is InChI=1S/C8H11N3O3/c1-4-2-3-10-8(11-4)6(13)5(12)7(9)14/h2-3,5-6,12-13H,1H3,(H2,9,14). The van der Waals surface area contributed by atoms with Crippen LogP contribution in [0.5, 0.6) is 0 Å². The first kappa shape index (κ1) is 10.6. The Morgan fingerprint density at radius 3 is 2.71 bits per heavy atom. The van der Waals surface area contributed by atoms with Gasteiger partial charge in [0.1, 0.15) is 6.10 Å². The van der Waals surface area contributed by atoms with Gasteiger partial charge in [-0.2, -0.15) is 0 Å². The maximum atomic E-state index is 10.6. The van der Waals surface area contributed by atoms with Crippen molar-refractivity contribution in [3.63, 3.8) is 0 Å². The summed E-state index contributed by atoms with van der Waals surface area (Å²) >= 11 is 0. The van der Waals surface area contributed by atoms with Crippen molar-refractivity contribution in [3.8, 4) is 0 Å². The molecule has 14 heavy (non-hydrogen) atoms. The summed E-state index contributed by atoms with van der Waals surface area (Å²) in [5, 5.41) is 18.5. The monoisotopic (exact) mass is 197 g/mol. The van der Waals surface area contributed by atoms with Gasteiger partial charge in [0.15, 0.2) is 11.9 Å². The molecule has 0 fully saturated rings. The number of hydrogen-bond acceptors (Lipinski definition) is 5. The van der Waals surface area contributed by atoms with E-state index in [4.69, 9.17) is 10.8 Å². The Morgan fingerprint density at radius 2 is 2.21 bits per heavy atom. The summed E-state index contributed by atoms with van der Waals surface area (Å²) < 4.78 is 0. The van der Waals surface area contributed by atoms with Crippen LogP contribution < -0.4 is 5.73 Å². The van der Waals surface area contributed by atoms with E-state index in [-0.39, 0.29) is 5.82 Å². The molecule has 0 spiro atoms. The number of aliphatic hydroxyl groups excluding tert-OH is 2. The van der Waals surface area contributed by atoms with Gasteiger partial charge >= 0.3 is 0 Å². The fourth-order valence-corrected chi connectivity index (χ4v) is 0.908. The van der Waals surface area contributed by atoms with Gasteiger partial charge in [0.25, 0.3) is 0 Å². The van der Waals surface area contributed by atoms with Gasteiger partial charge in [0.2, 0.25) is 5.91 Å².